The zero-order valence-corrected chi connectivity index (χ0v) is 12.8. The molecule has 118 valence electrons. The highest BCUT2D eigenvalue weighted by Gasteiger charge is 2.18. The van der Waals surface area contributed by atoms with Gasteiger partial charge in [0.2, 0.25) is 10.0 Å². The van der Waals surface area contributed by atoms with Gasteiger partial charge in [-0.3, -0.25) is 0 Å². The fraction of sp³-hybridized carbons (Fsp3) is 0.250. The molecule has 0 saturated carbocycles. The lowest BCUT2D eigenvalue weighted by molar-refractivity contribution is 0.256. The van der Waals surface area contributed by atoms with Crippen molar-refractivity contribution in [2.24, 2.45) is 0 Å². The molecule has 22 heavy (non-hydrogen) atoms. The SMILES string of the molecule is O=S(=O)(Cc1cccc(F)c1)N[C@@H](CO)Cc1ccccc1. The van der Waals surface area contributed by atoms with E-state index < -0.39 is 21.9 Å². The van der Waals surface area contributed by atoms with Crippen LogP contribution in [0.15, 0.2) is 54.6 Å². The standard InChI is InChI=1S/C16H18FNO3S/c17-15-8-4-7-14(9-15)12-22(20,21)18-16(11-19)10-13-5-2-1-3-6-13/h1-9,16,18-19H,10-12H2/t16-/m1/s1. The molecule has 0 saturated heterocycles. The van der Waals surface area contributed by atoms with Crippen LogP contribution in [0.2, 0.25) is 0 Å². The maximum atomic E-state index is 13.1. The fourth-order valence-electron chi connectivity index (χ4n) is 2.18. The van der Waals surface area contributed by atoms with E-state index in [4.69, 9.17) is 0 Å². The number of hydrogen-bond acceptors (Lipinski definition) is 3. The van der Waals surface area contributed by atoms with Gasteiger partial charge in [0.1, 0.15) is 5.82 Å². The van der Waals surface area contributed by atoms with Crippen molar-refractivity contribution in [1.29, 1.82) is 0 Å². The van der Waals surface area contributed by atoms with Crippen molar-refractivity contribution in [2.75, 3.05) is 6.61 Å². The Hall–Kier alpha value is -1.76. The summed E-state index contributed by atoms with van der Waals surface area (Å²) in [4.78, 5) is 0. The summed E-state index contributed by atoms with van der Waals surface area (Å²) in [5.74, 6) is -0.800. The zero-order valence-electron chi connectivity index (χ0n) is 11.9. The van der Waals surface area contributed by atoms with Gasteiger partial charge in [-0.15, -0.1) is 0 Å². The molecule has 0 aliphatic heterocycles. The summed E-state index contributed by atoms with van der Waals surface area (Å²) >= 11 is 0. The number of benzene rings is 2. The molecule has 0 bridgehead atoms. The van der Waals surface area contributed by atoms with Gasteiger partial charge in [0.25, 0.3) is 0 Å². The lowest BCUT2D eigenvalue weighted by Crippen LogP contribution is -2.39. The summed E-state index contributed by atoms with van der Waals surface area (Å²) in [5, 5.41) is 9.37. The number of nitrogens with one attached hydrogen (secondary N) is 1. The molecule has 0 heterocycles. The molecule has 0 aliphatic carbocycles. The van der Waals surface area contributed by atoms with E-state index in [-0.39, 0.29) is 12.4 Å². The first-order valence-electron chi connectivity index (χ1n) is 6.88. The molecule has 4 nitrogen and oxygen atoms in total. The normalized spacial score (nSPS) is 13.0. The quantitative estimate of drug-likeness (QED) is 0.817. The number of aliphatic hydroxyl groups excluding tert-OH is 1. The molecule has 2 aromatic carbocycles. The molecule has 6 heteroatoms. The third-order valence-corrected chi connectivity index (χ3v) is 4.54. The minimum atomic E-state index is -3.66. The van der Waals surface area contributed by atoms with Gasteiger partial charge in [-0.05, 0) is 29.7 Å². The second-order valence-corrected chi connectivity index (χ2v) is 6.83. The van der Waals surface area contributed by atoms with Gasteiger partial charge < -0.3 is 5.11 Å². The molecule has 0 radical (unpaired) electrons. The summed E-state index contributed by atoms with van der Waals surface area (Å²) < 4.78 is 39.8. The van der Waals surface area contributed by atoms with Gasteiger partial charge in [-0.25, -0.2) is 17.5 Å². The van der Waals surface area contributed by atoms with Crippen molar-refractivity contribution < 1.29 is 17.9 Å². The average molecular weight is 323 g/mol. The van der Waals surface area contributed by atoms with Gasteiger partial charge in [-0.1, -0.05) is 42.5 Å². The summed E-state index contributed by atoms with van der Waals surface area (Å²) in [5.41, 5.74) is 1.29. The Morgan fingerprint density at radius 3 is 2.36 bits per heavy atom. The molecule has 1 atom stereocenters. The van der Waals surface area contributed by atoms with Crippen LogP contribution in [0.25, 0.3) is 0 Å². The van der Waals surface area contributed by atoms with E-state index in [1.165, 1.54) is 18.2 Å². The van der Waals surface area contributed by atoms with Crippen molar-refractivity contribution in [1.82, 2.24) is 4.72 Å². The zero-order chi connectivity index (χ0) is 16.0. The molecule has 2 N–H and O–H groups in total. The largest absolute Gasteiger partial charge is 0.395 e. The van der Waals surface area contributed by atoms with E-state index in [1.807, 2.05) is 30.3 Å². The highest BCUT2D eigenvalue weighted by atomic mass is 32.2. The summed E-state index contributed by atoms with van der Waals surface area (Å²) in [6.45, 7) is -0.308. The minimum absolute atomic E-state index is 0.308. The lowest BCUT2D eigenvalue weighted by atomic mass is 10.1. The smallest absolute Gasteiger partial charge is 0.216 e. The molecule has 0 unspecified atom stereocenters. The van der Waals surface area contributed by atoms with Crippen LogP contribution in [0, 0.1) is 5.82 Å². The van der Waals surface area contributed by atoms with Gasteiger partial charge in [0, 0.05) is 6.04 Å². The van der Waals surface area contributed by atoms with Crippen molar-refractivity contribution in [3.8, 4) is 0 Å². The third kappa shape index (κ3) is 5.22. The Bertz CT molecular complexity index is 704. The Morgan fingerprint density at radius 2 is 1.73 bits per heavy atom. The van der Waals surface area contributed by atoms with Crippen molar-refractivity contribution in [3.05, 3.63) is 71.5 Å². The second-order valence-electron chi connectivity index (χ2n) is 5.08. The number of aliphatic hydroxyl groups is 1. The third-order valence-electron chi connectivity index (χ3n) is 3.14. The average Bonchev–Trinajstić information content (AvgIpc) is 2.47. The predicted octanol–water partition coefficient (Wildman–Crippen LogP) is 1.85. The van der Waals surface area contributed by atoms with Gasteiger partial charge in [0.15, 0.2) is 0 Å². The molecule has 0 aromatic heterocycles. The van der Waals surface area contributed by atoms with E-state index in [9.17, 15) is 17.9 Å². The molecule has 0 amide bonds. The van der Waals surface area contributed by atoms with Crippen LogP contribution in [-0.2, 0) is 22.2 Å². The number of halogens is 1. The first kappa shape index (κ1) is 16.6. The highest BCUT2D eigenvalue weighted by molar-refractivity contribution is 7.88. The number of hydrogen-bond donors (Lipinski definition) is 2. The van der Waals surface area contributed by atoms with Crippen LogP contribution in [0.3, 0.4) is 0 Å². The van der Waals surface area contributed by atoms with E-state index in [2.05, 4.69) is 4.72 Å². The van der Waals surface area contributed by atoms with Crippen LogP contribution >= 0.6 is 0 Å². The van der Waals surface area contributed by atoms with Crippen molar-refractivity contribution >= 4 is 10.0 Å². The lowest BCUT2D eigenvalue weighted by Gasteiger charge is -2.16. The second kappa shape index (κ2) is 7.49. The predicted molar refractivity (Wildman–Crippen MR) is 83.2 cm³/mol. The summed E-state index contributed by atoms with van der Waals surface area (Å²) in [7, 11) is -3.66. The van der Waals surface area contributed by atoms with Gasteiger partial charge >= 0.3 is 0 Å². The van der Waals surface area contributed by atoms with E-state index in [0.29, 0.717) is 12.0 Å². The summed E-state index contributed by atoms with van der Waals surface area (Å²) in [6, 6.07) is 14.1. The Kier molecular flexibility index (Phi) is 5.65. The van der Waals surface area contributed by atoms with Crippen LogP contribution in [0.5, 0.6) is 0 Å². The van der Waals surface area contributed by atoms with E-state index in [0.717, 1.165) is 5.56 Å². The molecule has 2 rings (SSSR count). The summed E-state index contributed by atoms with van der Waals surface area (Å²) in [6.07, 6.45) is 0.389. The molecular weight excluding hydrogens is 305 g/mol. The van der Waals surface area contributed by atoms with Crippen LogP contribution in [0.1, 0.15) is 11.1 Å². The van der Waals surface area contributed by atoms with Crippen molar-refractivity contribution in [2.45, 2.75) is 18.2 Å². The van der Waals surface area contributed by atoms with Crippen LogP contribution < -0.4 is 4.72 Å². The van der Waals surface area contributed by atoms with Crippen LogP contribution in [0.4, 0.5) is 4.39 Å². The maximum Gasteiger partial charge on any atom is 0.216 e. The topological polar surface area (TPSA) is 66.4 Å². The van der Waals surface area contributed by atoms with E-state index >= 15 is 0 Å². The molecule has 2 aromatic rings. The fourth-order valence-corrected chi connectivity index (χ4v) is 3.55. The van der Waals surface area contributed by atoms with Gasteiger partial charge in [-0.2, -0.15) is 0 Å². The maximum absolute atomic E-state index is 13.1. The first-order chi connectivity index (χ1) is 10.5. The monoisotopic (exact) mass is 323 g/mol. The molecule has 0 spiro atoms. The molecule has 0 aliphatic rings. The Balaban J connectivity index is 2.02. The highest BCUT2D eigenvalue weighted by Crippen LogP contribution is 2.09. The van der Waals surface area contributed by atoms with Crippen LogP contribution in [-0.4, -0.2) is 26.2 Å². The number of sulfonamides is 1. The van der Waals surface area contributed by atoms with E-state index in [1.54, 1.807) is 6.07 Å². The van der Waals surface area contributed by atoms with Gasteiger partial charge in [0.05, 0.1) is 12.4 Å². The molecule has 0 fully saturated rings. The first-order valence-corrected chi connectivity index (χ1v) is 8.53. The number of rotatable bonds is 7. The Morgan fingerprint density at radius 1 is 1.05 bits per heavy atom. The van der Waals surface area contributed by atoms with Crippen molar-refractivity contribution in [3.63, 3.8) is 0 Å². The molecular formula is C16H18FNO3S. The Labute approximate surface area is 129 Å². The minimum Gasteiger partial charge on any atom is -0.395 e.